The summed E-state index contributed by atoms with van der Waals surface area (Å²) in [6.45, 7) is 4.84. The van der Waals surface area contributed by atoms with Crippen LogP contribution in [-0.4, -0.2) is 33.3 Å². The zero-order valence-electron chi connectivity index (χ0n) is 11.0. The van der Waals surface area contributed by atoms with Crippen molar-refractivity contribution in [2.75, 3.05) is 13.1 Å². The molecule has 5 nitrogen and oxygen atoms in total. The minimum atomic E-state index is -0.144. The fourth-order valence-corrected chi connectivity index (χ4v) is 2.63. The molecule has 19 heavy (non-hydrogen) atoms. The zero-order chi connectivity index (χ0) is 13.8. The summed E-state index contributed by atoms with van der Waals surface area (Å²) in [7, 11) is 0. The Labute approximate surface area is 116 Å². The first-order chi connectivity index (χ1) is 9.13. The van der Waals surface area contributed by atoms with Gasteiger partial charge in [0.1, 0.15) is 0 Å². The van der Waals surface area contributed by atoms with Gasteiger partial charge in [0.2, 0.25) is 5.91 Å². The predicted octanol–water partition coefficient (Wildman–Crippen LogP) is 1.95. The van der Waals surface area contributed by atoms with E-state index in [1.54, 1.807) is 16.2 Å². The quantitative estimate of drug-likeness (QED) is 0.838. The molecule has 0 radical (unpaired) electrons. The average molecular weight is 276 g/mol. The van der Waals surface area contributed by atoms with Crippen LogP contribution in [0.3, 0.4) is 0 Å². The van der Waals surface area contributed by atoms with Crippen LogP contribution < -0.4 is 0 Å². The van der Waals surface area contributed by atoms with Crippen LogP contribution in [0.2, 0.25) is 0 Å². The smallest absolute Gasteiger partial charge is 0.228 e. The topological polar surface area (TPSA) is 61.4 Å². The monoisotopic (exact) mass is 276 g/mol. The van der Waals surface area contributed by atoms with Crippen molar-refractivity contribution in [3.8, 4) is 6.07 Å². The lowest BCUT2D eigenvalue weighted by atomic mass is 10.2. The number of carbonyl (C=O) groups is 1. The number of nitriles is 1. The Bertz CT molecular complexity index is 581. The zero-order valence-corrected chi connectivity index (χ0v) is 11.9. The summed E-state index contributed by atoms with van der Waals surface area (Å²) >= 11 is 1.55. The molecule has 0 N–H and O–H groups in total. The van der Waals surface area contributed by atoms with Crippen molar-refractivity contribution in [2.45, 2.75) is 20.3 Å². The van der Waals surface area contributed by atoms with Gasteiger partial charge in [-0.15, -0.1) is 11.3 Å². The van der Waals surface area contributed by atoms with Crippen LogP contribution in [0.5, 0.6) is 0 Å². The number of aromatic nitrogens is 2. The number of carbonyl (C=O) groups excluding carboxylic acids is 1. The summed E-state index contributed by atoms with van der Waals surface area (Å²) in [6.07, 6.45) is 4.10. The highest BCUT2D eigenvalue weighted by Crippen LogP contribution is 2.12. The van der Waals surface area contributed by atoms with Crippen molar-refractivity contribution >= 4 is 22.2 Å². The number of nitrogens with zero attached hydrogens (tertiary/aromatic N) is 4. The molecular weight excluding hydrogens is 260 g/mol. The maximum absolute atomic E-state index is 12.2. The van der Waals surface area contributed by atoms with Crippen molar-refractivity contribution in [3.05, 3.63) is 23.5 Å². The van der Waals surface area contributed by atoms with Crippen LogP contribution in [-0.2, 0) is 11.2 Å². The number of imidazole rings is 1. The maximum Gasteiger partial charge on any atom is 0.228 e. The molecule has 0 saturated carbocycles. The normalized spacial score (nSPS) is 12.3. The molecule has 2 aromatic heterocycles. The second-order valence-electron chi connectivity index (χ2n) is 4.46. The molecule has 0 saturated heterocycles. The Morgan fingerprint density at radius 1 is 1.68 bits per heavy atom. The van der Waals surface area contributed by atoms with Gasteiger partial charge in [-0.25, -0.2) is 4.98 Å². The van der Waals surface area contributed by atoms with Crippen LogP contribution in [0.1, 0.15) is 19.5 Å². The summed E-state index contributed by atoms with van der Waals surface area (Å²) in [4.78, 5) is 19.2. The lowest BCUT2D eigenvalue weighted by molar-refractivity contribution is -0.130. The molecule has 0 aliphatic carbocycles. The molecule has 0 spiro atoms. The third kappa shape index (κ3) is 3.12. The number of likely N-dealkylation sites (N-methyl/N-ethyl adjacent to an activating group) is 1. The number of amides is 1. The lowest BCUT2D eigenvalue weighted by Gasteiger charge is -2.21. The molecule has 0 bridgehead atoms. The second-order valence-corrected chi connectivity index (χ2v) is 5.34. The van der Waals surface area contributed by atoms with Gasteiger partial charge in [-0.2, -0.15) is 5.26 Å². The van der Waals surface area contributed by atoms with Crippen molar-refractivity contribution in [1.82, 2.24) is 14.3 Å². The first-order valence-electron chi connectivity index (χ1n) is 6.22. The Balaban J connectivity index is 2.03. The van der Waals surface area contributed by atoms with Gasteiger partial charge in [-0.3, -0.25) is 9.20 Å². The highest BCUT2D eigenvalue weighted by atomic mass is 32.1. The fourth-order valence-electron chi connectivity index (χ4n) is 1.91. The van der Waals surface area contributed by atoms with E-state index in [-0.39, 0.29) is 11.8 Å². The van der Waals surface area contributed by atoms with Crippen molar-refractivity contribution in [2.24, 2.45) is 5.92 Å². The van der Waals surface area contributed by atoms with Gasteiger partial charge in [0.15, 0.2) is 4.96 Å². The molecule has 2 aromatic rings. The van der Waals surface area contributed by atoms with Crippen LogP contribution in [0.4, 0.5) is 0 Å². The molecular formula is C13H16N4OS. The van der Waals surface area contributed by atoms with Gasteiger partial charge in [0.25, 0.3) is 0 Å². The van der Waals surface area contributed by atoms with Crippen LogP contribution in [0.15, 0.2) is 17.8 Å². The van der Waals surface area contributed by atoms with Gasteiger partial charge < -0.3 is 4.90 Å². The fraction of sp³-hybridized carbons (Fsp3) is 0.462. The van der Waals surface area contributed by atoms with E-state index in [0.717, 1.165) is 10.7 Å². The van der Waals surface area contributed by atoms with Crippen LogP contribution in [0.25, 0.3) is 4.96 Å². The number of hydrogen-bond donors (Lipinski definition) is 0. The molecule has 0 fully saturated rings. The molecule has 0 aromatic carbocycles. The van der Waals surface area contributed by atoms with E-state index >= 15 is 0 Å². The van der Waals surface area contributed by atoms with E-state index in [2.05, 4.69) is 11.1 Å². The molecule has 0 aliphatic heterocycles. The summed E-state index contributed by atoms with van der Waals surface area (Å²) in [5, 5.41) is 10.8. The van der Waals surface area contributed by atoms with Crippen molar-refractivity contribution in [3.63, 3.8) is 0 Å². The largest absolute Gasteiger partial charge is 0.341 e. The van der Waals surface area contributed by atoms with Crippen LogP contribution >= 0.6 is 11.3 Å². The Hall–Kier alpha value is -1.87. The molecule has 1 amide bonds. The standard InChI is InChI=1S/C13H16N4OS/c1-3-16(8-10(2)7-14)12(18)6-11-9-17-4-5-19-13(17)15-11/h4-5,9-10H,3,6,8H2,1-2H3. The summed E-state index contributed by atoms with van der Waals surface area (Å²) in [5.41, 5.74) is 0.778. The SMILES string of the molecule is CCN(CC(C)C#N)C(=O)Cc1cn2ccsc2n1. The molecule has 1 unspecified atom stereocenters. The molecule has 100 valence electrons. The number of fused-ring (bicyclic) bond motifs is 1. The molecule has 2 rings (SSSR count). The Morgan fingerprint density at radius 2 is 2.47 bits per heavy atom. The minimum absolute atomic E-state index is 0.0235. The van der Waals surface area contributed by atoms with Gasteiger partial charge in [0, 0.05) is 30.9 Å². The van der Waals surface area contributed by atoms with Gasteiger partial charge in [-0.1, -0.05) is 0 Å². The van der Waals surface area contributed by atoms with Crippen molar-refractivity contribution < 1.29 is 4.79 Å². The highest BCUT2D eigenvalue weighted by molar-refractivity contribution is 7.15. The predicted molar refractivity (Wildman–Crippen MR) is 73.8 cm³/mol. The van der Waals surface area contributed by atoms with E-state index in [1.807, 2.05) is 36.0 Å². The minimum Gasteiger partial charge on any atom is -0.341 e. The number of thiazole rings is 1. The molecule has 2 heterocycles. The van der Waals surface area contributed by atoms with E-state index in [9.17, 15) is 4.79 Å². The van der Waals surface area contributed by atoms with Gasteiger partial charge in [-0.05, 0) is 13.8 Å². The molecule has 6 heteroatoms. The average Bonchev–Trinajstić information content (AvgIpc) is 2.96. The first-order valence-corrected chi connectivity index (χ1v) is 7.10. The first kappa shape index (κ1) is 13.6. The number of rotatable bonds is 5. The highest BCUT2D eigenvalue weighted by Gasteiger charge is 2.16. The van der Waals surface area contributed by atoms with Gasteiger partial charge in [0.05, 0.1) is 24.1 Å². The maximum atomic E-state index is 12.2. The lowest BCUT2D eigenvalue weighted by Crippen LogP contribution is -2.35. The second kappa shape index (κ2) is 5.85. The summed E-state index contributed by atoms with van der Waals surface area (Å²) in [5.74, 6) is -0.121. The summed E-state index contributed by atoms with van der Waals surface area (Å²) in [6, 6.07) is 2.15. The third-order valence-electron chi connectivity index (χ3n) is 2.92. The van der Waals surface area contributed by atoms with Crippen molar-refractivity contribution in [1.29, 1.82) is 5.26 Å². The number of hydrogen-bond acceptors (Lipinski definition) is 4. The van der Waals surface area contributed by atoms with E-state index < -0.39 is 0 Å². The van der Waals surface area contributed by atoms with Gasteiger partial charge >= 0.3 is 0 Å². The van der Waals surface area contributed by atoms with E-state index in [1.165, 1.54) is 0 Å². The summed E-state index contributed by atoms with van der Waals surface area (Å²) < 4.78 is 1.92. The Kier molecular flexibility index (Phi) is 4.17. The molecule has 1 atom stereocenters. The van der Waals surface area contributed by atoms with E-state index in [4.69, 9.17) is 5.26 Å². The van der Waals surface area contributed by atoms with E-state index in [0.29, 0.717) is 19.5 Å². The van der Waals surface area contributed by atoms with Crippen LogP contribution in [0, 0.1) is 17.2 Å². The molecule has 0 aliphatic rings. The third-order valence-corrected chi connectivity index (χ3v) is 3.70. The Morgan fingerprint density at radius 3 is 3.11 bits per heavy atom.